The molecular weight excluding hydrogens is 266 g/mol. The molecule has 1 fully saturated rings. The molecule has 1 aliphatic rings. The smallest absolute Gasteiger partial charge is 0.194 e. The summed E-state index contributed by atoms with van der Waals surface area (Å²) in [6.45, 7) is 2.79. The van der Waals surface area contributed by atoms with Gasteiger partial charge in [0.05, 0.1) is 0 Å². The summed E-state index contributed by atoms with van der Waals surface area (Å²) in [4.78, 5) is 8.66. The number of nitrogens with one attached hydrogen (secondary N) is 1. The highest BCUT2D eigenvalue weighted by molar-refractivity contribution is 8.00. The van der Waals surface area contributed by atoms with Gasteiger partial charge in [-0.2, -0.15) is 0 Å². The first-order chi connectivity index (χ1) is 8.79. The average Bonchev–Trinajstić information content (AvgIpc) is 3.12. The highest BCUT2D eigenvalue weighted by atomic mass is 32.2. The summed E-state index contributed by atoms with van der Waals surface area (Å²) in [7, 11) is 0. The monoisotopic (exact) mass is 279 g/mol. The SMILES string of the molecule is Cc1nnc(Sc2ncc(CNC3CC3)cn2)s1. The average molecular weight is 279 g/mol. The standard InChI is InChI=1S/C11H13N5S2/c1-7-15-16-11(17-7)18-10-13-5-8(6-14-10)4-12-9-2-3-9/h5-6,9,12H,2-4H2,1H3. The summed E-state index contributed by atoms with van der Waals surface area (Å²) < 4.78 is 0.886. The van der Waals surface area contributed by atoms with Gasteiger partial charge in [-0.25, -0.2) is 9.97 Å². The van der Waals surface area contributed by atoms with E-state index in [9.17, 15) is 0 Å². The van der Waals surface area contributed by atoms with Gasteiger partial charge in [0.25, 0.3) is 0 Å². The van der Waals surface area contributed by atoms with E-state index in [1.807, 2.05) is 19.3 Å². The molecule has 1 N–H and O–H groups in total. The van der Waals surface area contributed by atoms with Crippen molar-refractivity contribution in [3.8, 4) is 0 Å². The zero-order chi connectivity index (χ0) is 12.4. The van der Waals surface area contributed by atoms with Crippen molar-refractivity contribution in [3.63, 3.8) is 0 Å². The summed E-state index contributed by atoms with van der Waals surface area (Å²) >= 11 is 3.01. The normalized spacial score (nSPS) is 14.9. The van der Waals surface area contributed by atoms with Gasteiger partial charge in [0.15, 0.2) is 9.50 Å². The van der Waals surface area contributed by atoms with Gasteiger partial charge in [0.2, 0.25) is 0 Å². The van der Waals surface area contributed by atoms with Crippen molar-refractivity contribution < 1.29 is 0 Å². The van der Waals surface area contributed by atoms with E-state index in [1.54, 1.807) is 11.3 Å². The molecule has 2 aromatic rings. The Hall–Kier alpha value is -1.05. The number of nitrogens with zero attached hydrogens (tertiary/aromatic N) is 4. The van der Waals surface area contributed by atoms with Crippen LogP contribution in [0.2, 0.25) is 0 Å². The summed E-state index contributed by atoms with van der Waals surface area (Å²) in [5.41, 5.74) is 1.12. The van der Waals surface area contributed by atoms with Crippen LogP contribution in [0.15, 0.2) is 21.9 Å². The van der Waals surface area contributed by atoms with E-state index in [0.29, 0.717) is 6.04 Å². The van der Waals surface area contributed by atoms with E-state index >= 15 is 0 Å². The first kappa shape index (κ1) is 12.0. The predicted molar refractivity (Wildman–Crippen MR) is 70.7 cm³/mol. The second-order valence-electron chi connectivity index (χ2n) is 4.22. The van der Waals surface area contributed by atoms with Crippen LogP contribution in [-0.4, -0.2) is 26.2 Å². The van der Waals surface area contributed by atoms with E-state index < -0.39 is 0 Å². The van der Waals surface area contributed by atoms with E-state index in [0.717, 1.165) is 26.6 Å². The minimum absolute atomic E-state index is 0.711. The lowest BCUT2D eigenvalue weighted by molar-refractivity contribution is 0.680. The van der Waals surface area contributed by atoms with Gasteiger partial charge >= 0.3 is 0 Å². The summed E-state index contributed by atoms with van der Waals surface area (Å²) in [6.07, 6.45) is 6.34. The fraction of sp³-hybridized carbons (Fsp3) is 0.455. The number of hydrogen-bond donors (Lipinski definition) is 1. The lowest BCUT2D eigenvalue weighted by Gasteiger charge is -2.02. The molecule has 0 radical (unpaired) electrons. The van der Waals surface area contributed by atoms with Gasteiger partial charge in [0.1, 0.15) is 5.01 Å². The maximum Gasteiger partial charge on any atom is 0.194 e. The molecule has 1 saturated carbocycles. The third-order valence-electron chi connectivity index (χ3n) is 2.54. The van der Waals surface area contributed by atoms with E-state index in [1.165, 1.54) is 24.6 Å². The Labute approximate surface area is 113 Å². The quantitative estimate of drug-likeness (QED) is 0.845. The topological polar surface area (TPSA) is 63.6 Å². The number of rotatable bonds is 5. The molecule has 0 unspecified atom stereocenters. The highest BCUT2D eigenvalue weighted by Crippen LogP contribution is 2.26. The molecule has 2 heterocycles. The van der Waals surface area contributed by atoms with Crippen LogP contribution in [0.3, 0.4) is 0 Å². The second-order valence-corrected chi connectivity index (χ2v) is 6.61. The number of aryl methyl sites for hydroxylation is 1. The predicted octanol–water partition coefficient (Wildman–Crippen LogP) is 2.04. The fourth-order valence-electron chi connectivity index (χ4n) is 1.43. The first-order valence-corrected chi connectivity index (χ1v) is 7.45. The van der Waals surface area contributed by atoms with Gasteiger partial charge < -0.3 is 5.32 Å². The fourth-order valence-corrected chi connectivity index (χ4v) is 3.05. The minimum Gasteiger partial charge on any atom is -0.310 e. The molecule has 0 spiro atoms. The molecule has 5 nitrogen and oxygen atoms in total. The maximum atomic E-state index is 4.33. The molecule has 7 heteroatoms. The maximum absolute atomic E-state index is 4.33. The molecule has 0 aromatic carbocycles. The first-order valence-electron chi connectivity index (χ1n) is 5.82. The van der Waals surface area contributed by atoms with Gasteiger partial charge in [-0.15, -0.1) is 10.2 Å². The van der Waals surface area contributed by atoms with Gasteiger partial charge in [0, 0.05) is 30.5 Å². The van der Waals surface area contributed by atoms with Crippen molar-refractivity contribution in [1.82, 2.24) is 25.5 Å². The molecule has 0 bridgehead atoms. The lowest BCUT2D eigenvalue weighted by Crippen LogP contribution is -2.15. The van der Waals surface area contributed by atoms with Gasteiger partial charge in [-0.05, 0) is 31.5 Å². The Balaban J connectivity index is 1.59. The van der Waals surface area contributed by atoms with E-state index in [-0.39, 0.29) is 0 Å². The molecule has 0 atom stereocenters. The third kappa shape index (κ3) is 3.24. The van der Waals surface area contributed by atoms with Crippen molar-refractivity contribution in [2.24, 2.45) is 0 Å². The Morgan fingerprint density at radius 1 is 1.33 bits per heavy atom. The van der Waals surface area contributed by atoms with E-state index in [2.05, 4.69) is 25.5 Å². The minimum atomic E-state index is 0.711. The highest BCUT2D eigenvalue weighted by Gasteiger charge is 2.19. The molecule has 2 aromatic heterocycles. The van der Waals surface area contributed by atoms with Crippen LogP contribution in [0.25, 0.3) is 0 Å². The summed E-state index contributed by atoms with van der Waals surface area (Å²) in [5.74, 6) is 0. The van der Waals surface area contributed by atoms with Crippen molar-refractivity contribution in [2.75, 3.05) is 0 Å². The Kier molecular flexibility index (Phi) is 3.53. The van der Waals surface area contributed by atoms with Crippen molar-refractivity contribution in [2.45, 2.75) is 41.8 Å². The molecule has 0 saturated heterocycles. The zero-order valence-electron chi connectivity index (χ0n) is 9.96. The van der Waals surface area contributed by atoms with Crippen LogP contribution in [0, 0.1) is 6.92 Å². The van der Waals surface area contributed by atoms with Gasteiger partial charge in [-0.1, -0.05) is 11.3 Å². The van der Waals surface area contributed by atoms with Crippen molar-refractivity contribution >= 4 is 23.1 Å². The van der Waals surface area contributed by atoms with E-state index in [4.69, 9.17) is 0 Å². The molecular formula is C11H13N5S2. The van der Waals surface area contributed by atoms with Crippen LogP contribution in [0.5, 0.6) is 0 Å². The Bertz CT molecular complexity index is 520. The zero-order valence-corrected chi connectivity index (χ0v) is 11.6. The third-order valence-corrected chi connectivity index (χ3v) is 4.32. The lowest BCUT2D eigenvalue weighted by atomic mass is 10.3. The number of aromatic nitrogens is 4. The Morgan fingerprint density at radius 2 is 2.11 bits per heavy atom. The molecule has 0 aliphatic heterocycles. The van der Waals surface area contributed by atoms with Crippen LogP contribution in [-0.2, 0) is 6.54 Å². The van der Waals surface area contributed by atoms with Crippen LogP contribution in [0.1, 0.15) is 23.4 Å². The summed E-state index contributed by atoms with van der Waals surface area (Å²) in [6, 6.07) is 0.711. The van der Waals surface area contributed by atoms with Crippen LogP contribution < -0.4 is 5.32 Å². The van der Waals surface area contributed by atoms with Crippen molar-refractivity contribution in [1.29, 1.82) is 0 Å². The van der Waals surface area contributed by atoms with Gasteiger partial charge in [-0.3, -0.25) is 0 Å². The molecule has 1 aliphatic carbocycles. The van der Waals surface area contributed by atoms with Crippen molar-refractivity contribution in [3.05, 3.63) is 23.0 Å². The van der Waals surface area contributed by atoms with Crippen LogP contribution in [0.4, 0.5) is 0 Å². The van der Waals surface area contributed by atoms with Crippen LogP contribution >= 0.6 is 23.1 Å². The molecule has 3 rings (SSSR count). The molecule has 0 amide bonds. The molecule has 94 valence electrons. The molecule has 18 heavy (non-hydrogen) atoms. The summed E-state index contributed by atoms with van der Waals surface area (Å²) in [5, 5.41) is 13.1. The Morgan fingerprint density at radius 3 is 2.72 bits per heavy atom. The largest absolute Gasteiger partial charge is 0.310 e. The number of hydrogen-bond acceptors (Lipinski definition) is 7. The second kappa shape index (κ2) is 5.29.